The minimum atomic E-state index is -0.407. The highest BCUT2D eigenvalue weighted by molar-refractivity contribution is 5.71. The molecule has 0 atom stereocenters. The summed E-state index contributed by atoms with van der Waals surface area (Å²) in [4.78, 5) is 22.1. The van der Waals surface area contributed by atoms with Crippen LogP contribution in [0.1, 0.15) is 48.3 Å². The van der Waals surface area contributed by atoms with E-state index in [4.69, 9.17) is 14.7 Å². The predicted octanol–water partition coefficient (Wildman–Crippen LogP) is 6.16. The molecule has 2 heterocycles. The zero-order chi connectivity index (χ0) is 25.8. The summed E-state index contributed by atoms with van der Waals surface area (Å²) >= 11 is 0. The summed E-state index contributed by atoms with van der Waals surface area (Å²) in [6.07, 6.45) is 5.03. The lowest BCUT2D eigenvalue weighted by Crippen LogP contribution is -2.07. The van der Waals surface area contributed by atoms with Gasteiger partial charge in [-0.3, -0.25) is 9.20 Å². The molecule has 2 aromatic heterocycles. The van der Waals surface area contributed by atoms with E-state index in [1.54, 1.807) is 12.1 Å². The molecule has 5 aromatic rings. The molecule has 1 N–H and O–H groups in total. The first-order chi connectivity index (χ1) is 18.0. The Bertz CT molecular complexity index is 1540. The second-order valence-electron chi connectivity index (χ2n) is 9.18. The van der Waals surface area contributed by atoms with Crippen LogP contribution in [0.5, 0.6) is 11.6 Å². The molecule has 0 aliphatic heterocycles. The molecule has 0 saturated heterocycles. The smallest absolute Gasteiger partial charge is 0.309 e. The van der Waals surface area contributed by atoms with E-state index in [1.807, 2.05) is 40.9 Å². The number of phenols is 1. The number of hydrogen-bond acceptors (Lipinski definition) is 5. The molecule has 0 radical (unpaired) electrons. The summed E-state index contributed by atoms with van der Waals surface area (Å²) in [6, 6.07) is 25.5. The number of carbonyl (C=O) groups excluding carboxylic acids is 1. The molecule has 0 amide bonds. The highest BCUT2D eigenvalue weighted by Gasteiger charge is 2.21. The van der Waals surface area contributed by atoms with Gasteiger partial charge < -0.3 is 9.84 Å². The van der Waals surface area contributed by atoms with Crippen molar-refractivity contribution in [3.05, 3.63) is 113 Å². The largest absolute Gasteiger partial charge is 0.508 e. The van der Waals surface area contributed by atoms with E-state index in [9.17, 15) is 9.90 Å². The van der Waals surface area contributed by atoms with E-state index in [0.29, 0.717) is 35.8 Å². The van der Waals surface area contributed by atoms with E-state index < -0.39 is 5.97 Å². The molecule has 3 aromatic carbocycles. The Balaban J connectivity index is 1.67. The van der Waals surface area contributed by atoms with E-state index >= 15 is 0 Å². The number of phenolic OH excluding ortho intramolecular Hbond substituents is 1. The first-order valence-corrected chi connectivity index (χ1v) is 12.5. The van der Waals surface area contributed by atoms with Gasteiger partial charge in [0.15, 0.2) is 5.65 Å². The summed E-state index contributed by atoms with van der Waals surface area (Å²) in [5, 5.41) is 9.77. The van der Waals surface area contributed by atoms with Crippen molar-refractivity contribution in [3.8, 4) is 22.9 Å². The van der Waals surface area contributed by atoms with Gasteiger partial charge in [-0.2, -0.15) is 0 Å². The summed E-state index contributed by atoms with van der Waals surface area (Å²) in [5.41, 5.74) is 7.14. The normalized spacial score (nSPS) is 11.1. The van der Waals surface area contributed by atoms with Crippen LogP contribution in [-0.2, 0) is 24.1 Å². The van der Waals surface area contributed by atoms with Gasteiger partial charge in [-0.15, -0.1) is 0 Å². The summed E-state index contributed by atoms with van der Waals surface area (Å²) in [7, 11) is 0. The fraction of sp³-hybridized carbons (Fsp3) is 0.194. The number of hydrogen-bond donors (Lipinski definition) is 1. The lowest BCUT2D eigenvalue weighted by molar-refractivity contribution is -0.132. The van der Waals surface area contributed by atoms with Crippen LogP contribution >= 0.6 is 0 Å². The second-order valence-corrected chi connectivity index (χ2v) is 9.18. The molecule has 0 saturated carbocycles. The number of benzene rings is 3. The SMILES string of the molecule is CCCc1cccc(Cc2nc3c(Cc4ccccc4)nc(-c4ccc(O)cc4)cn3c2OC(C)=O)c1. The van der Waals surface area contributed by atoms with Gasteiger partial charge in [-0.1, -0.05) is 67.9 Å². The van der Waals surface area contributed by atoms with Gasteiger partial charge in [-0.05, 0) is 47.4 Å². The number of ether oxygens (including phenoxy) is 1. The fourth-order valence-corrected chi connectivity index (χ4v) is 4.55. The quantitative estimate of drug-likeness (QED) is 0.263. The van der Waals surface area contributed by atoms with Crippen LogP contribution in [0.4, 0.5) is 0 Å². The molecular formula is C31H29N3O3. The molecule has 0 aliphatic carbocycles. The van der Waals surface area contributed by atoms with Crippen LogP contribution in [0.2, 0.25) is 0 Å². The molecule has 0 unspecified atom stereocenters. The van der Waals surface area contributed by atoms with Gasteiger partial charge in [-0.25, -0.2) is 9.97 Å². The Morgan fingerprint density at radius 2 is 1.57 bits per heavy atom. The number of imidazole rings is 1. The van der Waals surface area contributed by atoms with Crippen molar-refractivity contribution in [3.63, 3.8) is 0 Å². The Morgan fingerprint density at radius 1 is 0.865 bits per heavy atom. The Kier molecular flexibility index (Phi) is 6.99. The van der Waals surface area contributed by atoms with Gasteiger partial charge in [0.1, 0.15) is 11.4 Å². The van der Waals surface area contributed by atoms with E-state index in [2.05, 4.69) is 43.3 Å². The number of fused-ring (bicyclic) bond motifs is 1. The monoisotopic (exact) mass is 491 g/mol. The highest BCUT2D eigenvalue weighted by atomic mass is 16.5. The molecule has 0 aliphatic rings. The maximum absolute atomic E-state index is 12.2. The summed E-state index contributed by atoms with van der Waals surface area (Å²) in [5.74, 6) is 0.181. The van der Waals surface area contributed by atoms with E-state index in [-0.39, 0.29) is 5.75 Å². The average molecular weight is 492 g/mol. The third-order valence-electron chi connectivity index (χ3n) is 6.22. The lowest BCUT2D eigenvalue weighted by atomic mass is 10.0. The van der Waals surface area contributed by atoms with E-state index in [0.717, 1.165) is 35.2 Å². The summed E-state index contributed by atoms with van der Waals surface area (Å²) in [6.45, 7) is 3.57. The Morgan fingerprint density at radius 3 is 2.30 bits per heavy atom. The van der Waals surface area contributed by atoms with Crippen molar-refractivity contribution >= 4 is 11.6 Å². The molecule has 37 heavy (non-hydrogen) atoms. The van der Waals surface area contributed by atoms with Crippen LogP contribution in [-0.4, -0.2) is 25.4 Å². The van der Waals surface area contributed by atoms with Crippen LogP contribution in [0.3, 0.4) is 0 Å². The molecule has 0 bridgehead atoms. The van der Waals surface area contributed by atoms with Crippen molar-refractivity contribution in [1.29, 1.82) is 0 Å². The highest BCUT2D eigenvalue weighted by Crippen LogP contribution is 2.30. The predicted molar refractivity (Wildman–Crippen MR) is 144 cm³/mol. The zero-order valence-electron chi connectivity index (χ0n) is 21.0. The van der Waals surface area contributed by atoms with Crippen molar-refractivity contribution in [2.75, 3.05) is 0 Å². The van der Waals surface area contributed by atoms with Crippen LogP contribution in [0.15, 0.2) is 85.1 Å². The summed E-state index contributed by atoms with van der Waals surface area (Å²) < 4.78 is 7.59. The number of aromatic nitrogens is 3. The van der Waals surface area contributed by atoms with Crippen molar-refractivity contribution < 1.29 is 14.6 Å². The van der Waals surface area contributed by atoms with Gasteiger partial charge in [0.2, 0.25) is 5.88 Å². The maximum Gasteiger partial charge on any atom is 0.309 e. The van der Waals surface area contributed by atoms with Crippen LogP contribution in [0.25, 0.3) is 16.9 Å². The number of aryl methyl sites for hydroxylation is 1. The topological polar surface area (TPSA) is 76.7 Å². The van der Waals surface area contributed by atoms with Crippen LogP contribution in [0, 0.1) is 0 Å². The second kappa shape index (κ2) is 10.7. The van der Waals surface area contributed by atoms with Gasteiger partial charge in [0.05, 0.1) is 11.4 Å². The van der Waals surface area contributed by atoms with Gasteiger partial charge >= 0.3 is 5.97 Å². The molecule has 0 fully saturated rings. The number of rotatable bonds is 8. The number of carbonyl (C=O) groups is 1. The lowest BCUT2D eigenvalue weighted by Gasteiger charge is -2.10. The first-order valence-electron chi connectivity index (χ1n) is 12.5. The minimum Gasteiger partial charge on any atom is -0.508 e. The van der Waals surface area contributed by atoms with E-state index in [1.165, 1.54) is 12.5 Å². The number of esters is 1. The zero-order valence-corrected chi connectivity index (χ0v) is 21.0. The van der Waals surface area contributed by atoms with Gasteiger partial charge in [0.25, 0.3) is 0 Å². The van der Waals surface area contributed by atoms with Crippen molar-refractivity contribution in [1.82, 2.24) is 14.4 Å². The molecule has 6 heteroatoms. The third kappa shape index (κ3) is 5.54. The van der Waals surface area contributed by atoms with Gasteiger partial charge in [0, 0.05) is 31.5 Å². The van der Waals surface area contributed by atoms with Crippen LogP contribution < -0.4 is 4.74 Å². The standard InChI is InChI=1S/C31H29N3O3/c1-3-8-22-11-7-12-24(17-22)19-28-31(37-21(2)35)34-20-29(25-13-15-26(36)16-14-25)32-27(30(34)33-28)18-23-9-5-4-6-10-23/h4-7,9-17,20,36H,3,8,18-19H2,1-2H3. The molecule has 0 spiro atoms. The van der Waals surface area contributed by atoms with Crippen molar-refractivity contribution in [2.24, 2.45) is 0 Å². The Labute approximate surface area is 216 Å². The molecule has 6 nitrogen and oxygen atoms in total. The minimum absolute atomic E-state index is 0.185. The number of aromatic hydroxyl groups is 1. The first kappa shape index (κ1) is 24.3. The molecule has 5 rings (SSSR count). The number of nitrogens with zero attached hydrogens (tertiary/aromatic N) is 3. The average Bonchev–Trinajstić information content (AvgIpc) is 3.22. The van der Waals surface area contributed by atoms with Crippen molar-refractivity contribution in [2.45, 2.75) is 39.5 Å². The Hall–Kier alpha value is -4.45. The maximum atomic E-state index is 12.2. The fourth-order valence-electron chi connectivity index (χ4n) is 4.55. The molecule has 186 valence electrons. The molecular weight excluding hydrogens is 462 g/mol. The third-order valence-corrected chi connectivity index (χ3v) is 6.22.